The largest absolute Gasteiger partial charge is 0.508 e. The molecule has 0 saturated carbocycles. The van der Waals surface area contributed by atoms with E-state index in [0.717, 1.165) is 39.6 Å². The van der Waals surface area contributed by atoms with Gasteiger partial charge in [0.05, 0.1) is 5.41 Å². The van der Waals surface area contributed by atoms with Gasteiger partial charge in [-0.3, -0.25) is 0 Å². The van der Waals surface area contributed by atoms with Crippen LogP contribution in [0.15, 0.2) is 84.9 Å². The van der Waals surface area contributed by atoms with Gasteiger partial charge in [0.15, 0.2) is 11.5 Å². The standard InChI is InChI=1S/C25H21NO3/c1-17-10-15-23(26-17)25(18-6-3-2-4-7-18,19-11-13-20(27)14-12-19)21-8-5-9-22-24(21)29-16-28-22/h2-15,26-27H,16H2,1H3/t25-/m1/s1. The van der Waals surface area contributed by atoms with Crippen LogP contribution in [0.25, 0.3) is 0 Å². The first-order valence-corrected chi connectivity index (χ1v) is 9.60. The van der Waals surface area contributed by atoms with Crippen LogP contribution in [-0.4, -0.2) is 16.9 Å². The van der Waals surface area contributed by atoms with E-state index in [0.29, 0.717) is 0 Å². The summed E-state index contributed by atoms with van der Waals surface area (Å²) in [7, 11) is 0. The molecular weight excluding hydrogens is 362 g/mol. The zero-order chi connectivity index (χ0) is 19.8. The van der Waals surface area contributed by atoms with Crippen molar-refractivity contribution in [2.45, 2.75) is 12.3 Å². The second-order valence-electron chi connectivity index (χ2n) is 7.26. The summed E-state index contributed by atoms with van der Waals surface area (Å²) in [5, 5.41) is 9.94. The highest BCUT2D eigenvalue weighted by atomic mass is 16.7. The summed E-state index contributed by atoms with van der Waals surface area (Å²) in [4.78, 5) is 3.56. The summed E-state index contributed by atoms with van der Waals surface area (Å²) in [6.45, 7) is 2.25. The maximum Gasteiger partial charge on any atom is 0.231 e. The molecule has 0 saturated heterocycles. The third-order valence-corrected chi connectivity index (χ3v) is 5.54. The summed E-state index contributed by atoms with van der Waals surface area (Å²) < 4.78 is 11.6. The van der Waals surface area contributed by atoms with E-state index in [-0.39, 0.29) is 12.5 Å². The molecule has 1 atom stereocenters. The van der Waals surface area contributed by atoms with Gasteiger partial charge in [0.25, 0.3) is 0 Å². The maximum absolute atomic E-state index is 9.94. The van der Waals surface area contributed by atoms with Crippen LogP contribution >= 0.6 is 0 Å². The van der Waals surface area contributed by atoms with Gasteiger partial charge in [-0.2, -0.15) is 0 Å². The molecule has 4 heteroatoms. The predicted molar refractivity (Wildman–Crippen MR) is 112 cm³/mol. The van der Waals surface area contributed by atoms with E-state index in [1.807, 2.05) is 49.4 Å². The molecule has 0 amide bonds. The number of fused-ring (bicyclic) bond motifs is 1. The molecular formula is C25H21NO3. The van der Waals surface area contributed by atoms with E-state index >= 15 is 0 Å². The molecule has 1 aliphatic rings. The van der Waals surface area contributed by atoms with Crippen LogP contribution in [0.5, 0.6) is 17.2 Å². The predicted octanol–water partition coefficient (Wildman–Crippen LogP) is 5.14. The number of aromatic nitrogens is 1. The fourth-order valence-electron chi connectivity index (χ4n) is 4.28. The van der Waals surface area contributed by atoms with E-state index in [9.17, 15) is 5.11 Å². The van der Waals surface area contributed by atoms with Gasteiger partial charge in [-0.25, -0.2) is 0 Å². The van der Waals surface area contributed by atoms with Gasteiger partial charge in [0.1, 0.15) is 5.75 Å². The second-order valence-corrected chi connectivity index (χ2v) is 7.26. The van der Waals surface area contributed by atoms with E-state index in [1.165, 1.54) is 0 Å². The van der Waals surface area contributed by atoms with E-state index < -0.39 is 5.41 Å². The lowest BCUT2D eigenvalue weighted by atomic mass is 9.67. The van der Waals surface area contributed by atoms with Crippen LogP contribution in [0.4, 0.5) is 0 Å². The topological polar surface area (TPSA) is 54.5 Å². The Bertz CT molecular complexity index is 1150. The van der Waals surface area contributed by atoms with E-state index in [4.69, 9.17) is 9.47 Å². The summed E-state index contributed by atoms with van der Waals surface area (Å²) in [5.41, 5.74) is 4.54. The molecule has 4 aromatic rings. The third-order valence-electron chi connectivity index (χ3n) is 5.54. The van der Waals surface area contributed by atoms with Crippen molar-refractivity contribution in [3.63, 3.8) is 0 Å². The number of para-hydroxylation sites is 1. The van der Waals surface area contributed by atoms with Crippen LogP contribution in [0.2, 0.25) is 0 Å². The normalized spacial score (nSPS) is 14.5. The molecule has 0 radical (unpaired) electrons. The number of aromatic amines is 1. The minimum absolute atomic E-state index is 0.205. The smallest absolute Gasteiger partial charge is 0.231 e. The maximum atomic E-state index is 9.94. The van der Waals surface area contributed by atoms with Gasteiger partial charge in [-0.05, 0) is 48.4 Å². The number of benzene rings is 3. The van der Waals surface area contributed by atoms with Crippen molar-refractivity contribution in [2.75, 3.05) is 6.79 Å². The zero-order valence-electron chi connectivity index (χ0n) is 16.1. The number of hydrogen-bond acceptors (Lipinski definition) is 3. The van der Waals surface area contributed by atoms with Crippen molar-refractivity contribution in [3.8, 4) is 17.2 Å². The van der Waals surface area contributed by atoms with Gasteiger partial charge >= 0.3 is 0 Å². The molecule has 29 heavy (non-hydrogen) atoms. The Kier molecular flexibility index (Phi) is 4.06. The number of aryl methyl sites for hydroxylation is 1. The van der Waals surface area contributed by atoms with Crippen molar-refractivity contribution in [1.29, 1.82) is 0 Å². The van der Waals surface area contributed by atoms with Gasteiger partial charge in [0, 0.05) is 17.0 Å². The number of hydrogen-bond donors (Lipinski definition) is 2. The molecule has 144 valence electrons. The number of phenolic OH excluding ortho intramolecular Hbond substituents is 1. The van der Waals surface area contributed by atoms with Crippen LogP contribution in [-0.2, 0) is 5.41 Å². The number of phenols is 1. The Morgan fingerprint density at radius 2 is 1.55 bits per heavy atom. The lowest BCUT2D eigenvalue weighted by Gasteiger charge is -2.36. The van der Waals surface area contributed by atoms with Gasteiger partial charge in [-0.15, -0.1) is 0 Å². The van der Waals surface area contributed by atoms with Crippen LogP contribution in [0.3, 0.4) is 0 Å². The van der Waals surface area contributed by atoms with Gasteiger partial charge in [0.2, 0.25) is 6.79 Å². The second kappa shape index (κ2) is 6.74. The highest BCUT2D eigenvalue weighted by molar-refractivity contribution is 5.65. The minimum Gasteiger partial charge on any atom is -0.508 e. The Hall–Kier alpha value is -3.66. The number of ether oxygens (including phenoxy) is 2. The average molecular weight is 383 g/mol. The van der Waals surface area contributed by atoms with Gasteiger partial charge < -0.3 is 19.6 Å². The first-order chi connectivity index (χ1) is 14.2. The molecule has 0 spiro atoms. The quantitative estimate of drug-likeness (QED) is 0.480. The Balaban J connectivity index is 1.92. The molecule has 0 bridgehead atoms. The number of nitrogens with one attached hydrogen (secondary N) is 1. The molecule has 0 fully saturated rings. The zero-order valence-corrected chi connectivity index (χ0v) is 16.1. The highest BCUT2D eigenvalue weighted by Gasteiger charge is 2.43. The summed E-state index contributed by atoms with van der Waals surface area (Å²) in [6.07, 6.45) is 0. The Labute approximate surface area is 169 Å². The van der Waals surface area contributed by atoms with Crippen molar-refractivity contribution >= 4 is 0 Å². The van der Waals surface area contributed by atoms with Crippen molar-refractivity contribution in [2.24, 2.45) is 0 Å². The van der Waals surface area contributed by atoms with Crippen molar-refractivity contribution < 1.29 is 14.6 Å². The molecule has 1 aliphatic heterocycles. The summed E-state index contributed by atoms with van der Waals surface area (Å²) >= 11 is 0. The first-order valence-electron chi connectivity index (χ1n) is 9.60. The monoisotopic (exact) mass is 383 g/mol. The van der Waals surface area contributed by atoms with Crippen LogP contribution in [0.1, 0.15) is 28.1 Å². The highest BCUT2D eigenvalue weighted by Crippen LogP contribution is 2.51. The lowest BCUT2D eigenvalue weighted by Crippen LogP contribution is -2.31. The molecule has 3 aromatic carbocycles. The fraction of sp³-hybridized carbons (Fsp3) is 0.120. The molecule has 1 aromatic heterocycles. The number of aromatic hydroxyl groups is 1. The Morgan fingerprint density at radius 3 is 2.28 bits per heavy atom. The van der Waals surface area contributed by atoms with Crippen molar-refractivity contribution in [1.82, 2.24) is 4.98 Å². The van der Waals surface area contributed by atoms with E-state index in [2.05, 4.69) is 35.3 Å². The van der Waals surface area contributed by atoms with Crippen molar-refractivity contribution in [3.05, 3.63) is 113 Å². The molecule has 2 heterocycles. The molecule has 4 nitrogen and oxygen atoms in total. The van der Waals surface area contributed by atoms with Crippen LogP contribution < -0.4 is 9.47 Å². The molecule has 2 N–H and O–H groups in total. The Morgan fingerprint density at radius 1 is 0.793 bits per heavy atom. The van der Waals surface area contributed by atoms with Gasteiger partial charge in [-0.1, -0.05) is 54.6 Å². The van der Waals surface area contributed by atoms with Crippen LogP contribution in [0, 0.1) is 6.92 Å². The lowest BCUT2D eigenvalue weighted by molar-refractivity contribution is 0.173. The molecule has 0 aliphatic carbocycles. The molecule has 0 unspecified atom stereocenters. The molecule has 5 rings (SSSR count). The van der Waals surface area contributed by atoms with E-state index in [1.54, 1.807) is 12.1 Å². The summed E-state index contributed by atoms with van der Waals surface area (Å²) in [6, 6.07) is 27.9. The summed E-state index contributed by atoms with van der Waals surface area (Å²) in [5.74, 6) is 1.72. The minimum atomic E-state index is -0.664. The third kappa shape index (κ3) is 2.68. The first kappa shape index (κ1) is 17.4. The number of rotatable bonds is 4. The fourth-order valence-corrected chi connectivity index (χ4v) is 4.28. The number of H-pyrrole nitrogens is 1. The average Bonchev–Trinajstić information content (AvgIpc) is 3.40. The SMILES string of the molecule is Cc1ccc([C@](c2ccccc2)(c2ccc(O)cc2)c2cccc3c2OCO3)[nH]1.